The first-order valence-corrected chi connectivity index (χ1v) is 9.30. The van der Waals surface area contributed by atoms with Crippen LogP contribution in [0.1, 0.15) is 27.2 Å². The lowest BCUT2D eigenvalue weighted by atomic mass is 10.3. The van der Waals surface area contributed by atoms with Crippen molar-refractivity contribution in [3.05, 3.63) is 60.7 Å². The average Bonchev–Trinajstić information content (AvgIpc) is 2.70. The van der Waals surface area contributed by atoms with Crippen LogP contribution in [0.3, 0.4) is 0 Å². The van der Waals surface area contributed by atoms with Crippen molar-refractivity contribution in [2.75, 3.05) is 19.8 Å². The smallest absolute Gasteiger partial charge is 0.271 e. The van der Waals surface area contributed by atoms with E-state index in [-0.39, 0.29) is 12.4 Å². The summed E-state index contributed by atoms with van der Waals surface area (Å²) in [7, 11) is 0. The topological polar surface area (TPSA) is 52.4 Å². The third-order valence-electron chi connectivity index (χ3n) is 3.11. The van der Waals surface area contributed by atoms with Crippen LogP contribution in [0.5, 0.6) is 0 Å². The maximum absolute atomic E-state index is 5.08. The minimum absolute atomic E-state index is 0. The fourth-order valence-corrected chi connectivity index (χ4v) is 1.94. The third-order valence-corrected chi connectivity index (χ3v) is 3.11. The predicted molar refractivity (Wildman–Crippen MR) is 120 cm³/mol. The van der Waals surface area contributed by atoms with Gasteiger partial charge in [-0.1, -0.05) is 36.4 Å². The molecular weight excluding hydrogens is 376 g/mol. The maximum atomic E-state index is 5.08. The zero-order chi connectivity index (χ0) is 19.6. The van der Waals surface area contributed by atoms with Crippen LogP contribution in [0.2, 0.25) is 0 Å². The number of benzene rings is 2. The summed E-state index contributed by atoms with van der Waals surface area (Å²) in [4.78, 5) is 8.64. The summed E-state index contributed by atoms with van der Waals surface area (Å²) in [5.41, 5.74) is 1.95. The fraction of sp³-hybridized carbons (Fsp3) is 0.364. The van der Waals surface area contributed by atoms with Gasteiger partial charge >= 0.3 is 0 Å². The molecule has 2 rings (SSSR count). The van der Waals surface area contributed by atoms with Crippen LogP contribution in [-0.2, 0) is 14.2 Å². The summed E-state index contributed by atoms with van der Waals surface area (Å²) in [6, 6.07) is 19.8. The molecule has 2 aromatic rings. The van der Waals surface area contributed by atoms with Crippen LogP contribution in [0, 0.1) is 0 Å². The third kappa shape index (κ3) is 13.2. The Morgan fingerprint density at radius 2 is 1.04 bits per heavy atom. The van der Waals surface area contributed by atoms with E-state index in [1.165, 1.54) is 0 Å². The lowest BCUT2D eigenvalue weighted by Crippen LogP contribution is -2.20. The van der Waals surface area contributed by atoms with Gasteiger partial charge in [-0.15, -0.1) is 12.4 Å². The van der Waals surface area contributed by atoms with Crippen molar-refractivity contribution in [1.29, 1.82) is 0 Å². The Balaban J connectivity index is 0.000000577. The van der Waals surface area contributed by atoms with E-state index in [1.807, 2.05) is 93.9 Å². The summed E-state index contributed by atoms with van der Waals surface area (Å²) in [6.45, 7) is 7.10. The molecule has 0 spiro atoms. The summed E-state index contributed by atoms with van der Waals surface area (Å²) in [5.74, 6) is 0. The van der Waals surface area contributed by atoms with Gasteiger partial charge in [0.15, 0.2) is 0 Å². The lowest BCUT2D eigenvalue weighted by molar-refractivity contribution is -0.282. The first-order chi connectivity index (χ1) is 13.3. The molecule has 0 aliphatic carbocycles. The SMILES string of the molecule is C(CC=Nc1ccccc1)=Nc1ccccc1.CCOC(OCC)OCC.Cl. The number of para-hydroxylation sites is 2. The molecular formula is C22H31ClN2O3. The highest BCUT2D eigenvalue weighted by Gasteiger charge is 2.04. The minimum atomic E-state index is -0.472. The van der Waals surface area contributed by atoms with E-state index in [4.69, 9.17) is 14.2 Å². The number of hydrogen-bond donors (Lipinski definition) is 0. The van der Waals surface area contributed by atoms with Crippen LogP contribution in [0.25, 0.3) is 0 Å². The number of hydrogen-bond acceptors (Lipinski definition) is 5. The largest absolute Gasteiger partial charge is 0.330 e. The van der Waals surface area contributed by atoms with Crippen LogP contribution >= 0.6 is 12.4 Å². The zero-order valence-electron chi connectivity index (χ0n) is 16.9. The number of ether oxygens (including phenoxy) is 3. The first kappa shape index (κ1) is 26.0. The van der Waals surface area contributed by atoms with Gasteiger partial charge in [-0.2, -0.15) is 0 Å². The second-order valence-electron chi connectivity index (χ2n) is 5.18. The molecule has 0 amide bonds. The fourth-order valence-electron chi connectivity index (χ4n) is 1.94. The standard InChI is InChI=1S/C15H14N2.C7H16O3.ClH/c1-3-8-14(9-4-1)16-12-7-13-17-15-10-5-2-6-11-15;1-4-8-7(9-5-2)10-6-3;/h1-6,8-13H,7H2;7H,4-6H2,1-3H3;1H. The van der Waals surface area contributed by atoms with Gasteiger partial charge in [0, 0.05) is 38.7 Å². The van der Waals surface area contributed by atoms with Gasteiger partial charge < -0.3 is 14.2 Å². The second kappa shape index (κ2) is 18.3. The Kier molecular flexibility index (Phi) is 17.0. The van der Waals surface area contributed by atoms with E-state index in [2.05, 4.69) is 9.98 Å². The Labute approximate surface area is 174 Å². The van der Waals surface area contributed by atoms with Crippen molar-refractivity contribution >= 4 is 36.2 Å². The Bertz CT molecular complexity index is 575. The number of halogens is 1. The molecule has 0 unspecified atom stereocenters. The van der Waals surface area contributed by atoms with E-state index < -0.39 is 6.48 Å². The number of rotatable bonds is 10. The molecule has 0 fully saturated rings. The highest BCUT2D eigenvalue weighted by molar-refractivity contribution is 5.85. The molecule has 0 aliphatic heterocycles. The Morgan fingerprint density at radius 1 is 0.679 bits per heavy atom. The van der Waals surface area contributed by atoms with Gasteiger partial charge in [-0.25, -0.2) is 0 Å². The quantitative estimate of drug-likeness (QED) is 0.360. The van der Waals surface area contributed by atoms with Crippen molar-refractivity contribution in [3.8, 4) is 0 Å². The Hall–Kier alpha value is -2.05. The first-order valence-electron chi connectivity index (χ1n) is 9.30. The van der Waals surface area contributed by atoms with Crippen molar-refractivity contribution < 1.29 is 14.2 Å². The Morgan fingerprint density at radius 3 is 1.36 bits per heavy atom. The molecule has 0 saturated heterocycles. The molecule has 5 nitrogen and oxygen atoms in total. The predicted octanol–water partition coefficient (Wildman–Crippen LogP) is 5.98. The van der Waals surface area contributed by atoms with Crippen LogP contribution in [0.15, 0.2) is 70.6 Å². The highest BCUT2D eigenvalue weighted by Crippen LogP contribution is 2.10. The zero-order valence-corrected chi connectivity index (χ0v) is 17.7. The molecule has 6 heteroatoms. The van der Waals surface area contributed by atoms with Gasteiger partial charge in [0.2, 0.25) is 0 Å². The molecule has 0 bridgehead atoms. The molecule has 154 valence electrons. The lowest BCUT2D eigenvalue weighted by Gasteiger charge is -2.15. The molecule has 0 aromatic heterocycles. The van der Waals surface area contributed by atoms with Gasteiger partial charge in [0.25, 0.3) is 6.48 Å². The van der Waals surface area contributed by atoms with Crippen molar-refractivity contribution in [2.24, 2.45) is 9.98 Å². The summed E-state index contributed by atoms with van der Waals surface area (Å²) in [6.07, 6.45) is 4.47. The summed E-state index contributed by atoms with van der Waals surface area (Å²) < 4.78 is 15.2. The molecule has 0 N–H and O–H groups in total. The monoisotopic (exact) mass is 406 g/mol. The van der Waals surface area contributed by atoms with Gasteiger partial charge in [-0.3, -0.25) is 9.98 Å². The van der Waals surface area contributed by atoms with Crippen LogP contribution in [0.4, 0.5) is 11.4 Å². The van der Waals surface area contributed by atoms with E-state index in [9.17, 15) is 0 Å². The van der Waals surface area contributed by atoms with Crippen molar-refractivity contribution in [1.82, 2.24) is 0 Å². The van der Waals surface area contributed by atoms with Crippen LogP contribution < -0.4 is 0 Å². The average molecular weight is 407 g/mol. The van der Waals surface area contributed by atoms with Crippen molar-refractivity contribution in [3.63, 3.8) is 0 Å². The molecule has 2 aromatic carbocycles. The van der Waals surface area contributed by atoms with Gasteiger partial charge in [-0.05, 0) is 45.0 Å². The number of nitrogens with zero attached hydrogens (tertiary/aromatic N) is 2. The molecule has 0 heterocycles. The minimum Gasteiger partial charge on any atom is -0.330 e. The molecule has 0 atom stereocenters. The molecule has 0 saturated carbocycles. The van der Waals surface area contributed by atoms with E-state index >= 15 is 0 Å². The van der Waals surface area contributed by atoms with Crippen molar-refractivity contribution in [2.45, 2.75) is 33.7 Å². The normalized spacial score (nSPS) is 10.7. The molecule has 28 heavy (non-hydrogen) atoms. The summed E-state index contributed by atoms with van der Waals surface area (Å²) >= 11 is 0. The molecule has 0 radical (unpaired) electrons. The number of aliphatic imine (C=N–C) groups is 2. The molecule has 0 aliphatic rings. The van der Waals surface area contributed by atoms with Gasteiger partial charge in [0.05, 0.1) is 11.4 Å². The van der Waals surface area contributed by atoms with E-state index in [0.717, 1.165) is 17.8 Å². The maximum Gasteiger partial charge on any atom is 0.271 e. The van der Waals surface area contributed by atoms with Crippen LogP contribution in [-0.4, -0.2) is 38.7 Å². The second-order valence-corrected chi connectivity index (χ2v) is 5.18. The van der Waals surface area contributed by atoms with E-state index in [0.29, 0.717) is 19.8 Å². The summed E-state index contributed by atoms with van der Waals surface area (Å²) in [5, 5.41) is 0. The highest BCUT2D eigenvalue weighted by atomic mass is 35.5. The van der Waals surface area contributed by atoms with Gasteiger partial charge in [0.1, 0.15) is 0 Å². The van der Waals surface area contributed by atoms with E-state index in [1.54, 1.807) is 0 Å².